The van der Waals surface area contributed by atoms with Crippen LogP contribution < -0.4 is 33.9 Å². The van der Waals surface area contributed by atoms with E-state index in [4.69, 9.17) is 35.3 Å². The number of halogens is 1. The number of anilines is 1. The quantitative estimate of drug-likeness (QED) is 0.240. The summed E-state index contributed by atoms with van der Waals surface area (Å²) >= 11 is 6.59. The van der Waals surface area contributed by atoms with Crippen molar-refractivity contribution in [3.63, 3.8) is 0 Å². The Kier molecular flexibility index (Phi) is 9.31. The van der Waals surface area contributed by atoms with Crippen molar-refractivity contribution in [2.45, 2.75) is 18.2 Å². The minimum absolute atomic E-state index is 0.0600. The molecule has 11 nitrogen and oxygen atoms in total. The second kappa shape index (κ2) is 13.3. The highest BCUT2D eigenvalue weighted by Crippen LogP contribution is 2.44. The molecule has 2 atom stereocenters. The largest absolute Gasteiger partial charge is 0.497 e. The summed E-state index contributed by atoms with van der Waals surface area (Å²) in [5.41, 5.74) is 0.456. The first-order chi connectivity index (χ1) is 21.7. The van der Waals surface area contributed by atoms with Crippen molar-refractivity contribution in [3.8, 4) is 29.0 Å². The molecule has 0 spiro atoms. The highest BCUT2D eigenvalue weighted by molar-refractivity contribution is 6.30. The first-order valence-corrected chi connectivity index (χ1v) is 14.2. The van der Waals surface area contributed by atoms with Crippen LogP contribution in [-0.2, 0) is 21.7 Å². The number of carboxylic acids is 1. The number of nitrogens with one attached hydrogen (secondary N) is 1. The Labute approximate surface area is 265 Å². The fraction of sp³-hybridized carbons (Fsp3) is 0.242. The van der Waals surface area contributed by atoms with Gasteiger partial charge < -0.3 is 33.7 Å². The van der Waals surface area contributed by atoms with Crippen LogP contribution in [0.15, 0.2) is 78.9 Å². The lowest BCUT2D eigenvalue weighted by Gasteiger charge is -2.40. The van der Waals surface area contributed by atoms with Gasteiger partial charge in [0, 0.05) is 34.5 Å². The number of aromatic nitrogens is 1. The smallest absolute Gasteiger partial charge is 0.347 e. The van der Waals surface area contributed by atoms with E-state index >= 15 is 0 Å². The minimum Gasteiger partial charge on any atom is -0.497 e. The van der Waals surface area contributed by atoms with Crippen LogP contribution in [0.5, 0.6) is 29.0 Å². The molecule has 1 aliphatic heterocycles. The topological polar surface area (TPSA) is 129 Å². The Hall–Kier alpha value is -5.00. The van der Waals surface area contributed by atoms with Crippen LogP contribution >= 0.6 is 11.6 Å². The summed E-state index contributed by atoms with van der Waals surface area (Å²) in [7, 11) is 5.98. The van der Waals surface area contributed by atoms with Crippen LogP contribution in [-0.4, -0.2) is 63.1 Å². The van der Waals surface area contributed by atoms with Crippen LogP contribution in [0.4, 0.5) is 5.69 Å². The van der Waals surface area contributed by atoms with Gasteiger partial charge in [0.15, 0.2) is 0 Å². The van der Waals surface area contributed by atoms with Crippen LogP contribution in [0, 0.1) is 0 Å². The predicted octanol–water partition coefficient (Wildman–Crippen LogP) is 4.68. The molecule has 0 radical (unpaired) electrons. The van der Waals surface area contributed by atoms with Gasteiger partial charge in [0.05, 0.1) is 41.5 Å². The van der Waals surface area contributed by atoms with Crippen molar-refractivity contribution in [1.82, 2.24) is 10.3 Å². The molecular weight excluding hydrogens is 602 g/mol. The van der Waals surface area contributed by atoms with Gasteiger partial charge in [-0.05, 0) is 41.5 Å². The number of benzene rings is 3. The molecule has 0 saturated heterocycles. The summed E-state index contributed by atoms with van der Waals surface area (Å²) in [6.45, 7) is -0.120. The number of rotatable bonds is 11. The molecule has 1 aliphatic rings. The van der Waals surface area contributed by atoms with Crippen molar-refractivity contribution in [2.24, 2.45) is 0 Å². The van der Waals surface area contributed by atoms with Crippen LogP contribution in [0.25, 0.3) is 0 Å². The SMILES string of the molecule is COc1cc(CN2C(=O)CN[C@](c3ccccc3)([C@H](Oc3cc(OC)cc(OC)n3)C(=O)O)c3cc(Cl)ccc32)cc(OC)c1. The van der Waals surface area contributed by atoms with E-state index < -0.39 is 17.6 Å². The van der Waals surface area contributed by atoms with Crippen molar-refractivity contribution in [3.05, 3.63) is 101 Å². The molecule has 0 unspecified atom stereocenters. The van der Waals surface area contributed by atoms with Crippen LogP contribution in [0.3, 0.4) is 0 Å². The zero-order valence-electron chi connectivity index (χ0n) is 25.1. The number of carbonyl (C=O) groups is 2. The molecule has 0 aliphatic carbocycles. The zero-order valence-corrected chi connectivity index (χ0v) is 25.8. The Morgan fingerprint density at radius 3 is 2.18 bits per heavy atom. The number of methoxy groups -OCH3 is 4. The Bertz CT molecular complexity index is 1660. The van der Waals surface area contributed by atoms with Gasteiger partial charge in [0.1, 0.15) is 22.8 Å². The van der Waals surface area contributed by atoms with Crippen LogP contribution in [0.1, 0.15) is 16.7 Å². The number of aliphatic carboxylic acids is 1. The average molecular weight is 634 g/mol. The molecule has 0 bridgehead atoms. The van der Waals surface area contributed by atoms with E-state index in [1.165, 1.54) is 20.3 Å². The molecule has 5 rings (SSSR count). The molecule has 0 saturated carbocycles. The summed E-state index contributed by atoms with van der Waals surface area (Å²) < 4.78 is 27.7. The summed E-state index contributed by atoms with van der Waals surface area (Å²) in [4.78, 5) is 33.1. The van der Waals surface area contributed by atoms with E-state index in [1.54, 1.807) is 85.8 Å². The van der Waals surface area contributed by atoms with Crippen molar-refractivity contribution in [1.29, 1.82) is 0 Å². The Morgan fingerprint density at radius 1 is 0.911 bits per heavy atom. The van der Waals surface area contributed by atoms with Crippen molar-refractivity contribution in [2.75, 3.05) is 39.9 Å². The summed E-state index contributed by atoms with van der Waals surface area (Å²) in [5.74, 6) is -0.0739. The lowest BCUT2D eigenvalue weighted by atomic mass is 9.77. The second-order valence-electron chi connectivity index (χ2n) is 10.1. The van der Waals surface area contributed by atoms with E-state index in [2.05, 4.69) is 10.3 Å². The maximum Gasteiger partial charge on any atom is 0.347 e. The van der Waals surface area contributed by atoms with E-state index in [9.17, 15) is 14.7 Å². The maximum absolute atomic E-state index is 13.9. The number of carbonyl (C=O) groups excluding carboxylic acids is 1. The molecular formula is C33H32ClN3O8. The molecule has 2 heterocycles. The molecule has 1 aromatic heterocycles. The Morgan fingerprint density at radius 2 is 1.56 bits per heavy atom. The monoisotopic (exact) mass is 633 g/mol. The van der Waals surface area contributed by atoms with Gasteiger partial charge in [0.25, 0.3) is 0 Å². The third kappa shape index (κ3) is 6.31. The molecule has 12 heteroatoms. The molecule has 234 valence electrons. The fourth-order valence-electron chi connectivity index (χ4n) is 5.44. The number of pyridine rings is 1. The number of hydrogen-bond acceptors (Lipinski definition) is 9. The third-order valence-corrected chi connectivity index (χ3v) is 7.76. The number of ether oxygens (including phenoxy) is 5. The highest BCUT2D eigenvalue weighted by Gasteiger charge is 2.52. The number of nitrogens with zero attached hydrogens (tertiary/aromatic N) is 2. The lowest BCUT2D eigenvalue weighted by Crippen LogP contribution is -2.58. The first kappa shape index (κ1) is 31.4. The molecule has 1 amide bonds. The Balaban J connectivity index is 1.73. The number of amides is 1. The summed E-state index contributed by atoms with van der Waals surface area (Å²) in [5, 5.41) is 14.4. The third-order valence-electron chi connectivity index (χ3n) is 7.53. The fourth-order valence-corrected chi connectivity index (χ4v) is 5.61. The van der Waals surface area contributed by atoms with Gasteiger partial charge in [-0.2, -0.15) is 4.98 Å². The standard InChI is InChI=1S/C33H32ClN3O8/c1-41-23-12-20(13-24(15-23)42-2)19-37-27-11-10-22(34)14-26(27)33(35-18-30(37)38,21-8-6-5-7-9-21)31(32(39)40)45-29-17-25(43-3)16-28(36-29)44-4/h5-17,31,35H,18-19H2,1-4H3,(H,39,40)/t31-,33+/m1/s1. The summed E-state index contributed by atoms with van der Waals surface area (Å²) in [6, 6.07) is 22.2. The molecule has 2 N–H and O–H groups in total. The predicted molar refractivity (Wildman–Crippen MR) is 167 cm³/mol. The van der Waals surface area contributed by atoms with Gasteiger partial charge in [-0.25, -0.2) is 4.79 Å². The second-order valence-corrected chi connectivity index (χ2v) is 10.5. The lowest BCUT2D eigenvalue weighted by molar-refractivity contribution is -0.149. The van der Waals surface area contributed by atoms with Crippen molar-refractivity contribution < 1.29 is 38.4 Å². The van der Waals surface area contributed by atoms with E-state index in [-0.39, 0.29) is 30.8 Å². The number of carboxylic acid groups (broad SMARTS) is 1. The van der Waals surface area contributed by atoms with E-state index in [0.29, 0.717) is 39.1 Å². The van der Waals surface area contributed by atoms with Gasteiger partial charge in [-0.1, -0.05) is 41.9 Å². The first-order valence-electron chi connectivity index (χ1n) is 13.8. The minimum atomic E-state index is -1.66. The van der Waals surface area contributed by atoms with Gasteiger partial charge in [-0.3, -0.25) is 10.1 Å². The number of fused-ring (bicyclic) bond motifs is 1. The van der Waals surface area contributed by atoms with E-state index in [1.807, 2.05) is 6.07 Å². The molecule has 45 heavy (non-hydrogen) atoms. The number of hydrogen-bond donors (Lipinski definition) is 2. The molecule has 3 aromatic carbocycles. The maximum atomic E-state index is 13.9. The zero-order chi connectivity index (χ0) is 32.1. The van der Waals surface area contributed by atoms with Gasteiger partial charge >= 0.3 is 5.97 Å². The summed E-state index contributed by atoms with van der Waals surface area (Å²) in [6.07, 6.45) is -1.66. The molecule has 0 fully saturated rings. The van der Waals surface area contributed by atoms with Gasteiger partial charge in [-0.15, -0.1) is 0 Å². The van der Waals surface area contributed by atoms with E-state index in [0.717, 1.165) is 5.56 Å². The van der Waals surface area contributed by atoms with Gasteiger partial charge in [0.2, 0.25) is 23.8 Å². The molecule has 4 aromatic rings. The van der Waals surface area contributed by atoms with Crippen molar-refractivity contribution >= 4 is 29.2 Å². The normalized spacial score (nSPS) is 16.6. The highest BCUT2D eigenvalue weighted by atomic mass is 35.5. The van der Waals surface area contributed by atoms with Crippen LogP contribution in [0.2, 0.25) is 5.02 Å². The average Bonchev–Trinajstić information content (AvgIpc) is 3.17.